The molecule has 158 valence electrons. The van der Waals surface area contributed by atoms with E-state index in [-0.39, 0.29) is 5.75 Å². The van der Waals surface area contributed by atoms with Crippen LogP contribution in [0.3, 0.4) is 0 Å². The lowest BCUT2D eigenvalue weighted by Gasteiger charge is -2.30. The number of ether oxygens (including phenoxy) is 2. The number of hydrogen-bond donors (Lipinski definition) is 2. The van der Waals surface area contributed by atoms with Crippen LogP contribution in [0.1, 0.15) is 31.7 Å². The van der Waals surface area contributed by atoms with Gasteiger partial charge in [-0.15, -0.1) is 0 Å². The molecule has 0 spiro atoms. The molecule has 1 atom stereocenters. The van der Waals surface area contributed by atoms with Crippen LogP contribution in [0, 0.1) is 5.92 Å². The number of likely N-dealkylation sites (tertiary alicyclic amines) is 1. The molecule has 1 heterocycles. The minimum atomic E-state index is -2.89. The molecule has 1 aromatic carbocycles. The number of guanidine groups is 1. The maximum Gasteiger partial charge on any atom is 0.387 e. The summed E-state index contributed by atoms with van der Waals surface area (Å²) in [6.07, 6.45) is 3.24. The van der Waals surface area contributed by atoms with Gasteiger partial charge in [0.05, 0.1) is 6.61 Å². The highest BCUT2D eigenvalue weighted by molar-refractivity contribution is 5.79. The number of nitrogens with one attached hydrogen (secondary N) is 2. The third kappa shape index (κ3) is 7.50. The second-order valence-corrected chi connectivity index (χ2v) is 7.07. The summed E-state index contributed by atoms with van der Waals surface area (Å²) in [5, 5.41) is 6.50. The summed E-state index contributed by atoms with van der Waals surface area (Å²) >= 11 is 0. The van der Waals surface area contributed by atoms with Crippen molar-refractivity contribution in [2.45, 2.75) is 39.3 Å². The van der Waals surface area contributed by atoms with Gasteiger partial charge in [-0.05, 0) is 50.9 Å². The average molecular weight is 398 g/mol. The van der Waals surface area contributed by atoms with Gasteiger partial charge in [0, 0.05) is 38.3 Å². The van der Waals surface area contributed by atoms with Crippen LogP contribution in [-0.2, 0) is 6.54 Å². The van der Waals surface area contributed by atoms with Crippen molar-refractivity contribution in [3.63, 3.8) is 0 Å². The molecule has 0 aromatic heterocycles. The molecular formula is C20H32F2N4O2. The van der Waals surface area contributed by atoms with Crippen molar-refractivity contribution in [2.24, 2.45) is 10.9 Å². The second-order valence-electron chi connectivity index (χ2n) is 7.07. The number of nitrogens with zero attached hydrogens (tertiary/aromatic N) is 2. The van der Waals surface area contributed by atoms with E-state index in [4.69, 9.17) is 4.74 Å². The molecule has 1 unspecified atom stereocenters. The lowest BCUT2D eigenvalue weighted by molar-refractivity contribution is -0.0505. The standard InChI is InChI=1S/C20H32F2N4O2/c1-4-10-27-17-8-7-16(18(11-17)28-19(21)22)13-25-20(23-2)24-12-15-6-5-9-26(3)14-15/h7-8,11,15,19H,4-6,9-10,12-14H2,1-3H3,(H2,23,24,25). The highest BCUT2D eigenvalue weighted by Crippen LogP contribution is 2.26. The van der Waals surface area contributed by atoms with E-state index in [1.54, 1.807) is 19.2 Å². The Hall–Kier alpha value is -2.09. The predicted molar refractivity (Wildman–Crippen MR) is 107 cm³/mol. The summed E-state index contributed by atoms with van der Waals surface area (Å²) in [5.41, 5.74) is 0.615. The fraction of sp³-hybridized carbons (Fsp3) is 0.650. The number of halogens is 2. The van der Waals surface area contributed by atoms with Crippen LogP contribution >= 0.6 is 0 Å². The molecule has 2 rings (SSSR count). The normalized spacial score (nSPS) is 18.2. The van der Waals surface area contributed by atoms with Crippen molar-refractivity contribution < 1.29 is 18.3 Å². The number of hydrogen-bond acceptors (Lipinski definition) is 4. The van der Waals surface area contributed by atoms with Crippen LogP contribution in [0.2, 0.25) is 0 Å². The highest BCUT2D eigenvalue weighted by Gasteiger charge is 2.17. The molecule has 0 saturated carbocycles. The summed E-state index contributed by atoms with van der Waals surface area (Å²) < 4.78 is 35.8. The maximum absolute atomic E-state index is 12.8. The molecule has 0 bridgehead atoms. The highest BCUT2D eigenvalue weighted by atomic mass is 19.3. The summed E-state index contributed by atoms with van der Waals surface area (Å²) in [7, 11) is 3.83. The zero-order chi connectivity index (χ0) is 20.4. The Morgan fingerprint density at radius 2 is 2.18 bits per heavy atom. The predicted octanol–water partition coefficient (Wildman–Crippen LogP) is 3.08. The van der Waals surface area contributed by atoms with Crippen LogP contribution in [0.4, 0.5) is 8.78 Å². The van der Waals surface area contributed by atoms with E-state index in [1.165, 1.54) is 18.9 Å². The van der Waals surface area contributed by atoms with Gasteiger partial charge >= 0.3 is 6.61 Å². The molecule has 1 saturated heterocycles. The van der Waals surface area contributed by atoms with E-state index < -0.39 is 6.61 Å². The van der Waals surface area contributed by atoms with Gasteiger partial charge in [-0.3, -0.25) is 4.99 Å². The SMILES string of the molecule is CCCOc1ccc(CNC(=NC)NCC2CCCN(C)C2)c(OC(F)F)c1. The van der Waals surface area contributed by atoms with Crippen molar-refractivity contribution in [1.82, 2.24) is 15.5 Å². The number of alkyl halides is 2. The number of benzene rings is 1. The van der Waals surface area contributed by atoms with E-state index >= 15 is 0 Å². The smallest absolute Gasteiger partial charge is 0.387 e. The summed E-state index contributed by atoms with van der Waals surface area (Å²) in [4.78, 5) is 6.56. The van der Waals surface area contributed by atoms with E-state index in [0.717, 1.165) is 26.1 Å². The largest absolute Gasteiger partial charge is 0.493 e. The van der Waals surface area contributed by atoms with Crippen LogP contribution in [0.25, 0.3) is 0 Å². The monoisotopic (exact) mass is 398 g/mol. The first-order chi connectivity index (χ1) is 13.5. The van der Waals surface area contributed by atoms with Crippen molar-refractivity contribution in [2.75, 3.05) is 40.3 Å². The lowest BCUT2D eigenvalue weighted by Crippen LogP contribution is -2.43. The third-order valence-corrected chi connectivity index (χ3v) is 4.68. The third-order valence-electron chi connectivity index (χ3n) is 4.68. The summed E-state index contributed by atoms with van der Waals surface area (Å²) in [6.45, 7) is 2.98. The van der Waals surface area contributed by atoms with E-state index in [1.807, 2.05) is 6.92 Å². The Bertz CT molecular complexity index is 628. The zero-order valence-corrected chi connectivity index (χ0v) is 17.0. The quantitative estimate of drug-likeness (QED) is 0.495. The van der Waals surface area contributed by atoms with Gasteiger partial charge in [-0.1, -0.05) is 6.92 Å². The fourth-order valence-corrected chi connectivity index (χ4v) is 3.28. The van der Waals surface area contributed by atoms with Gasteiger partial charge in [0.2, 0.25) is 0 Å². The molecule has 8 heteroatoms. The van der Waals surface area contributed by atoms with Crippen LogP contribution in [0.5, 0.6) is 11.5 Å². The molecule has 1 aliphatic rings. The topological polar surface area (TPSA) is 58.1 Å². The molecule has 28 heavy (non-hydrogen) atoms. The van der Waals surface area contributed by atoms with Gasteiger partial charge < -0.3 is 25.0 Å². The Morgan fingerprint density at radius 3 is 2.86 bits per heavy atom. The van der Waals surface area contributed by atoms with E-state index in [2.05, 4.69) is 32.3 Å². The minimum absolute atomic E-state index is 0.112. The average Bonchev–Trinajstić information content (AvgIpc) is 2.67. The van der Waals surface area contributed by atoms with Crippen molar-refractivity contribution in [1.29, 1.82) is 0 Å². The van der Waals surface area contributed by atoms with Gasteiger partial charge in [0.15, 0.2) is 5.96 Å². The molecule has 1 fully saturated rings. The number of piperidine rings is 1. The van der Waals surface area contributed by atoms with E-state index in [0.29, 0.717) is 36.3 Å². The molecule has 0 radical (unpaired) electrons. The molecule has 6 nitrogen and oxygen atoms in total. The molecule has 1 aliphatic heterocycles. The van der Waals surface area contributed by atoms with Gasteiger partial charge in [0.25, 0.3) is 0 Å². The van der Waals surface area contributed by atoms with Gasteiger partial charge in [-0.2, -0.15) is 8.78 Å². The Balaban J connectivity index is 1.92. The second kappa shape index (κ2) is 11.7. The fourth-order valence-electron chi connectivity index (χ4n) is 3.28. The van der Waals surface area contributed by atoms with Crippen LogP contribution in [0.15, 0.2) is 23.2 Å². The summed E-state index contributed by atoms with van der Waals surface area (Å²) in [6, 6.07) is 5.00. The van der Waals surface area contributed by atoms with Crippen molar-refractivity contribution in [3.05, 3.63) is 23.8 Å². The molecule has 0 aliphatic carbocycles. The first-order valence-electron chi connectivity index (χ1n) is 9.85. The van der Waals surface area contributed by atoms with Gasteiger partial charge in [-0.25, -0.2) is 0 Å². The van der Waals surface area contributed by atoms with E-state index in [9.17, 15) is 8.78 Å². The van der Waals surface area contributed by atoms with Gasteiger partial charge in [0.1, 0.15) is 11.5 Å². The minimum Gasteiger partial charge on any atom is -0.493 e. The van der Waals surface area contributed by atoms with Crippen molar-refractivity contribution in [3.8, 4) is 11.5 Å². The first-order valence-corrected chi connectivity index (χ1v) is 9.85. The molecule has 1 aromatic rings. The first kappa shape index (κ1) is 22.2. The molecular weight excluding hydrogens is 366 g/mol. The number of rotatable bonds is 9. The lowest BCUT2D eigenvalue weighted by atomic mass is 9.99. The molecule has 0 amide bonds. The Morgan fingerprint density at radius 1 is 1.36 bits per heavy atom. The maximum atomic E-state index is 12.8. The number of aliphatic imine (C=N–C) groups is 1. The summed E-state index contributed by atoms with van der Waals surface area (Å²) in [5.74, 6) is 1.85. The van der Waals surface area contributed by atoms with Crippen molar-refractivity contribution >= 4 is 5.96 Å². The molecule has 2 N–H and O–H groups in total. The van der Waals surface area contributed by atoms with Crippen LogP contribution < -0.4 is 20.1 Å². The zero-order valence-electron chi connectivity index (χ0n) is 17.0. The Labute approximate surface area is 166 Å². The Kier molecular flexibility index (Phi) is 9.27. The van der Waals surface area contributed by atoms with Crippen LogP contribution in [-0.4, -0.2) is 57.8 Å².